The monoisotopic (exact) mass is 355 g/mol. The summed E-state index contributed by atoms with van der Waals surface area (Å²) in [5.74, 6) is -0.158. The zero-order valence-electron chi connectivity index (χ0n) is 13.9. The number of benzene rings is 1. The number of carbonyl (C=O) groups is 2. The lowest BCUT2D eigenvalue weighted by molar-refractivity contribution is 0.0958. The van der Waals surface area contributed by atoms with E-state index in [4.69, 9.17) is 0 Å². The molecule has 0 spiro atoms. The second-order valence-electron chi connectivity index (χ2n) is 5.91. The first-order valence-electron chi connectivity index (χ1n) is 8.28. The Bertz CT molecular complexity index is 741. The molecule has 1 fully saturated rings. The van der Waals surface area contributed by atoms with Gasteiger partial charge in [-0.15, -0.1) is 6.58 Å². The summed E-state index contributed by atoms with van der Waals surface area (Å²) >= 11 is 1.65. The SMILES string of the molecule is C=CCNC(=O)c1ccc(NC(=O)N2CCCC2c2ccsc2)cc1. The Morgan fingerprint density at radius 2 is 2.08 bits per heavy atom. The lowest BCUT2D eigenvalue weighted by atomic mass is 10.1. The Morgan fingerprint density at radius 3 is 2.76 bits per heavy atom. The van der Waals surface area contributed by atoms with Crippen molar-refractivity contribution < 1.29 is 9.59 Å². The molecule has 1 aromatic heterocycles. The molecule has 2 heterocycles. The normalized spacial score (nSPS) is 16.5. The predicted molar refractivity (Wildman–Crippen MR) is 101 cm³/mol. The van der Waals surface area contributed by atoms with Crippen LogP contribution in [0.4, 0.5) is 10.5 Å². The smallest absolute Gasteiger partial charge is 0.322 e. The maximum atomic E-state index is 12.6. The van der Waals surface area contributed by atoms with Crippen LogP contribution in [0.15, 0.2) is 53.7 Å². The van der Waals surface area contributed by atoms with Crippen LogP contribution in [0.25, 0.3) is 0 Å². The number of anilines is 1. The van der Waals surface area contributed by atoms with Crippen LogP contribution in [0.1, 0.15) is 34.8 Å². The van der Waals surface area contributed by atoms with Gasteiger partial charge in [-0.2, -0.15) is 11.3 Å². The average Bonchev–Trinajstić information content (AvgIpc) is 3.31. The molecule has 3 amide bonds. The van der Waals surface area contributed by atoms with E-state index < -0.39 is 0 Å². The van der Waals surface area contributed by atoms with Gasteiger partial charge in [0.05, 0.1) is 6.04 Å². The molecule has 1 aliphatic rings. The minimum absolute atomic E-state index is 0.0995. The molecular weight excluding hydrogens is 334 g/mol. The highest BCUT2D eigenvalue weighted by molar-refractivity contribution is 7.08. The molecule has 1 saturated heterocycles. The van der Waals surface area contributed by atoms with Crippen molar-refractivity contribution in [3.8, 4) is 0 Å². The van der Waals surface area contributed by atoms with Gasteiger partial charge in [0.2, 0.25) is 0 Å². The van der Waals surface area contributed by atoms with E-state index in [0.29, 0.717) is 17.8 Å². The summed E-state index contributed by atoms with van der Waals surface area (Å²) in [7, 11) is 0. The molecule has 25 heavy (non-hydrogen) atoms. The molecular formula is C19H21N3O2S. The molecule has 3 rings (SSSR count). The standard InChI is InChI=1S/C19H21N3O2S/c1-2-10-20-18(23)14-5-7-16(8-6-14)21-19(24)22-11-3-4-17(22)15-9-12-25-13-15/h2,5-9,12-13,17H,1,3-4,10-11H2,(H,20,23)(H,21,24). The van der Waals surface area contributed by atoms with Gasteiger partial charge in [-0.25, -0.2) is 4.79 Å². The van der Waals surface area contributed by atoms with E-state index in [-0.39, 0.29) is 18.0 Å². The van der Waals surface area contributed by atoms with Gasteiger partial charge in [0.15, 0.2) is 0 Å². The van der Waals surface area contributed by atoms with Crippen LogP contribution < -0.4 is 10.6 Å². The molecule has 0 aliphatic carbocycles. The zero-order chi connectivity index (χ0) is 17.6. The van der Waals surface area contributed by atoms with Crippen LogP contribution >= 0.6 is 11.3 Å². The minimum Gasteiger partial charge on any atom is -0.349 e. The predicted octanol–water partition coefficient (Wildman–Crippen LogP) is 4.03. The average molecular weight is 355 g/mol. The molecule has 2 N–H and O–H groups in total. The minimum atomic E-state index is -0.158. The van der Waals surface area contributed by atoms with Crippen LogP contribution in [-0.4, -0.2) is 29.9 Å². The van der Waals surface area contributed by atoms with Crippen molar-refractivity contribution in [1.29, 1.82) is 0 Å². The maximum absolute atomic E-state index is 12.6. The first-order chi connectivity index (χ1) is 12.2. The Balaban J connectivity index is 1.63. The molecule has 0 radical (unpaired) electrons. The number of nitrogens with one attached hydrogen (secondary N) is 2. The van der Waals surface area contributed by atoms with Gasteiger partial charge in [-0.3, -0.25) is 4.79 Å². The van der Waals surface area contributed by atoms with E-state index in [0.717, 1.165) is 19.4 Å². The van der Waals surface area contributed by atoms with E-state index in [1.54, 1.807) is 41.7 Å². The van der Waals surface area contributed by atoms with Crippen molar-refractivity contribution in [3.63, 3.8) is 0 Å². The summed E-state index contributed by atoms with van der Waals surface area (Å²) in [4.78, 5) is 26.4. The maximum Gasteiger partial charge on any atom is 0.322 e. The highest BCUT2D eigenvalue weighted by Gasteiger charge is 2.30. The zero-order valence-corrected chi connectivity index (χ0v) is 14.7. The number of urea groups is 1. The summed E-state index contributed by atoms with van der Waals surface area (Å²) in [6.07, 6.45) is 3.63. The van der Waals surface area contributed by atoms with Crippen LogP contribution in [0, 0.1) is 0 Å². The fourth-order valence-corrected chi connectivity index (χ4v) is 3.70. The number of hydrogen-bond acceptors (Lipinski definition) is 3. The van der Waals surface area contributed by atoms with Crippen molar-refractivity contribution in [2.75, 3.05) is 18.4 Å². The van der Waals surface area contributed by atoms with Crippen LogP contribution in [-0.2, 0) is 0 Å². The number of thiophene rings is 1. The van der Waals surface area contributed by atoms with Gasteiger partial charge < -0.3 is 15.5 Å². The Hall–Kier alpha value is -2.60. The number of amides is 3. The summed E-state index contributed by atoms with van der Waals surface area (Å²) in [6, 6.07) is 9.03. The molecule has 2 aromatic rings. The van der Waals surface area contributed by atoms with Crippen LogP contribution in [0.3, 0.4) is 0 Å². The second kappa shape index (κ2) is 7.98. The molecule has 1 atom stereocenters. The van der Waals surface area contributed by atoms with Gasteiger partial charge in [0, 0.05) is 24.3 Å². The van der Waals surface area contributed by atoms with Gasteiger partial charge in [-0.05, 0) is 59.5 Å². The quantitative estimate of drug-likeness (QED) is 0.796. The first kappa shape index (κ1) is 17.2. The number of hydrogen-bond donors (Lipinski definition) is 2. The van der Waals surface area contributed by atoms with Crippen molar-refractivity contribution >= 4 is 29.0 Å². The highest BCUT2D eigenvalue weighted by Crippen LogP contribution is 2.33. The molecule has 5 nitrogen and oxygen atoms in total. The molecule has 6 heteroatoms. The molecule has 0 bridgehead atoms. The fourth-order valence-electron chi connectivity index (χ4n) is 2.99. The third kappa shape index (κ3) is 4.09. The third-order valence-electron chi connectivity index (χ3n) is 4.25. The summed E-state index contributed by atoms with van der Waals surface area (Å²) < 4.78 is 0. The molecule has 1 aliphatic heterocycles. The van der Waals surface area contributed by atoms with Gasteiger partial charge in [-0.1, -0.05) is 6.08 Å². The third-order valence-corrected chi connectivity index (χ3v) is 4.95. The van der Waals surface area contributed by atoms with Crippen LogP contribution in [0.5, 0.6) is 0 Å². The Kier molecular flexibility index (Phi) is 5.50. The van der Waals surface area contributed by atoms with E-state index in [1.165, 1.54) is 5.56 Å². The lowest BCUT2D eigenvalue weighted by Gasteiger charge is -2.24. The van der Waals surface area contributed by atoms with Crippen LogP contribution in [0.2, 0.25) is 0 Å². The topological polar surface area (TPSA) is 61.4 Å². The van der Waals surface area contributed by atoms with E-state index in [1.807, 2.05) is 10.3 Å². The van der Waals surface area contributed by atoms with E-state index in [2.05, 4.69) is 28.7 Å². The fraction of sp³-hybridized carbons (Fsp3) is 0.263. The Morgan fingerprint density at radius 1 is 1.28 bits per heavy atom. The van der Waals surface area contributed by atoms with Gasteiger partial charge in [0.1, 0.15) is 0 Å². The van der Waals surface area contributed by atoms with Crippen molar-refractivity contribution in [1.82, 2.24) is 10.2 Å². The van der Waals surface area contributed by atoms with Crippen molar-refractivity contribution in [2.45, 2.75) is 18.9 Å². The number of rotatable bonds is 5. The van der Waals surface area contributed by atoms with E-state index >= 15 is 0 Å². The summed E-state index contributed by atoms with van der Waals surface area (Å²) in [6.45, 7) is 4.75. The van der Waals surface area contributed by atoms with Crippen molar-refractivity contribution in [3.05, 3.63) is 64.9 Å². The van der Waals surface area contributed by atoms with Gasteiger partial charge in [0.25, 0.3) is 5.91 Å². The number of nitrogens with zero attached hydrogens (tertiary/aromatic N) is 1. The molecule has 0 saturated carbocycles. The number of likely N-dealkylation sites (tertiary alicyclic amines) is 1. The van der Waals surface area contributed by atoms with Gasteiger partial charge >= 0.3 is 6.03 Å². The van der Waals surface area contributed by atoms with E-state index in [9.17, 15) is 9.59 Å². The Labute approximate surface area is 151 Å². The molecule has 1 unspecified atom stereocenters. The summed E-state index contributed by atoms with van der Waals surface area (Å²) in [5.41, 5.74) is 2.44. The van der Waals surface area contributed by atoms with Crippen molar-refractivity contribution in [2.24, 2.45) is 0 Å². The highest BCUT2D eigenvalue weighted by atomic mass is 32.1. The largest absolute Gasteiger partial charge is 0.349 e. The first-order valence-corrected chi connectivity index (χ1v) is 9.22. The molecule has 1 aromatic carbocycles. The summed E-state index contributed by atoms with van der Waals surface area (Å²) in [5, 5.41) is 9.80. The second-order valence-corrected chi connectivity index (χ2v) is 6.69. The molecule has 130 valence electrons. The lowest BCUT2D eigenvalue weighted by Crippen LogP contribution is -2.34. The number of carbonyl (C=O) groups excluding carboxylic acids is 2.